The smallest absolute Gasteiger partial charge is 0.263 e. The molecule has 1 aliphatic rings. The molecule has 8 heteroatoms. The predicted octanol–water partition coefficient (Wildman–Crippen LogP) is -1.27. The van der Waals surface area contributed by atoms with E-state index in [1.807, 2.05) is 0 Å². The van der Waals surface area contributed by atoms with Gasteiger partial charge in [0.1, 0.15) is 0 Å². The van der Waals surface area contributed by atoms with Gasteiger partial charge in [-0.3, -0.25) is 0 Å². The first-order valence-electron chi connectivity index (χ1n) is 4.85. The number of sulfonamides is 1. The van der Waals surface area contributed by atoms with Crippen molar-refractivity contribution in [1.29, 1.82) is 0 Å². The Morgan fingerprint density at radius 1 is 1.62 bits per heavy atom. The number of morpholine rings is 1. The van der Waals surface area contributed by atoms with Crippen LogP contribution < -0.4 is 5.73 Å². The van der Waals surface area contributed by atoms with Gasteiger partial charge in [0.25, 0.3) is 10.0 Å². The summed E-state index contributed by atoms with van der Waals surface area (Å²) in [7, 11) is -1.88. The normalized spacial score (nSPS) is 23.5. The monoisotopic (exact) mass is 246 g/mol. The third-order valence-corrected chi connectivity index (χ3v) is 4.18. The number of aryl methyl sites for hydroxylation is 1. The Morgan fingerprint density at radius 3 is 2.94 bits per heavy atom. The Morgan fingerprint density at radius 2 is 2.38 bits per heavy atom. The summed E-state index contributed by atoms with van der Waals surface area (Å²) in [6, 6.07) is 0. The van der Waals surface area contributed by atoms with Crippen molar-refractivity contribution in [2.45, 2.75) is 11.2 Å². The van der Waals surface area contributed by atoms with Crippen LogP contribution in [0.2, 0.25) is 0 Å². The molecule has 0 saturated carbocycles. The van der Waals surface area contributed by atoms with E-state index in [-0.39, 0.29) is 18.2 Å². The average Bonchev–Trinajstić information content (AvgIpc) is 2.66. The van der Waals surface area contributed by atoms with Gasteiger partial charge >= 0.3 is 0 Å². The van der Waals surface area contributed by atoms with E-state index in [1.165, 1.54) is 16.8 Å². The molecule has 1 aliphatic heterocycles. The molecule has 90 valence electrons. The quantitative estimate of drug-likeness (QED) is 0.702. The Labute approximate surface area is 93.9 Å². The van der Waals surface area contributed by atoms with Gasteiger partial charge < -0.3 is 15.0 Å². The molecule has 7 nitrogen and oxygen atoms in total. The van der Waals surface area contributed by atoms with Gasteiger partial charge in [0.05, 0.1) is 25.7 Å². The van der Waals surface area contributed by atoms with E-state index in [0.717, 1.165) is 0 Å². The lowest BCUT2D eigenvalue weighted by atomic mass is 10.4. The minimum Gasteiger partial charge on any atom is -0.377 e. The molecular formula is C8H14N4O3S. The lowest BCUT2D eigenvalue weighted by Gasteiger charge is -2.31. The van der Waals surface area contributed by atoms with E-state index in [0.29, 0.717) is 6.61 Å². The Hall–Kier alpha value is -0.960. The molecule has 0 bridgehead atoms. The third-order valence-electron chi connectivity index (χ3n) is 2.37. The first kappa shape index (κ1) is 11.5. The van der Waals surface area contributed by atoms with Crippen LogP contribution in [0.4, 0.5) is 0 Å². The number of imidazole rings is 1. The number of aromatic nitrogens is 2. The van der Waals surface area contributed by atoms with Crippen LogP contribution in [-0.4, -0.2) is 48.2 Å². The van der Waals surface area contributed by atoms with Crippen LogP contribution in [0.5, 0.6) is 0 Å². The van der Waals surface area contributed by atoms with E-state index in [1.54, 1.807) is 11.6 Å². The lowest BCUT2D eigenvalue weighted by Crippen LogP contribution is -2.53. The van der Waals surface area contributed by atoms with Crippen molar-refractivity contribution in [2.75, 3.05) is 19.8 Å². The van der Waals surface area contributed by atoms with E-state index < -0.39 is 16.2 Å². The van der Waals surface area contributed by atoms with Crippen molar-refractivity contribution in [3.05, 3.63) is 12.5 Å². The van der Waals surface area contributed by atoms with E-state index >= 15 is 0 Å². The van der Waals surface area contributed by atoms with Crippen molar-refractivity contribution in [1.82, 2.24) is 13.9 Å². The molecule has 1 fully saturated rings. The average molecular weight is 246 g/mol. The van der Waals surface area contributed by atoms with Gasteiger partial charge in [0, 0.05) is 19.8 Å². The molecule has 0 radical (unpaired) electrons. The number of nitrogens with zero attached hydrogens (tertiary/aromatic N) is 3. The lowest BCUT2D eigenvalue weighted by molar-refractivity contribution is 0.0349. The predicted molar refractivity (Wildman–Crippen MR) is 55.9 cm³/mol. The molecule has 16 heavy (non-hydrogen) atoms. The Kier molecular flexibility index (Phi) is 2.98. The van der Waals surface area contributed by atoms with Crippen molar-refractivity contribution in [3.8, 4) is 0 Å². The zero-order valence-electron chi connectivity index (χ0n) is 8.91. The molecule has 2 rings (SSSR count). The summed E-state index contributed by atoms with van der Waals surface area (Å²) in [5, 5.41) is 0.0207. The van der Waals surface area contributed by atoms with Gasteiger partial charge in [0.2, 0.25) is 0 Å². The van der Waals surface area contributed by atoms with Crippen LogP contribution in [0.1, 0.15) is 0 Å². The SMILES string of the molecule is Cn1cnc(S(=O)(=O)N2CCOCC2N)c1. The van der Waals surface area contributed by atoms with Crippen molar-refractivity contribution >= 4 is 10.0 Å². The second kappa shape index (κ2) is 4.13. The van der Waals surface area contributed by atoms with Crippen LogP contribution in [0.25, 0.3) is 0 Å². The van der Waals surface area contributed by atoms with E-state index in [9.17, 15) is 8.42 Å². The van der Waals surface area contributed by atoms with Gasteiger partial charge in [0.15, 0.2) is 5.03 Å². The zero-order valence-corrected chi connectivity index (χ0v) is 9.72. The number of nitrogens with two attached hydrogens (primary N) is 1. The number of hydrogen-bond donors (Lipinski definition) is 1. The first-order valence-corrected chi connectivity index (χ1v) is 6.29. The molecule has 1 saturated heterocycles. The standard InChI is InChI=1S/C8H14N4O3S/c1-11-4-8(10-6-11)16(13,14)12-2-3-15-5-7(12)9/h4,6-7H,2-3,5,9H2,1H3. The van der Waals surface area contributed by atoms with Crippen LogP contribution in [0, 0.1) is 0 Å². The van der Waals surface area contributed by atoms with Gasteiger partial charge in [-0.05, 0) is 0 Å². The minimum absolute atomic E-state index is 0.0207. The van der Waals surface area contributed by atoms with Gasteiger partial charge in [-0.1, -0.05) is 0 Å². The second-order valence-electron chi connectivity index (χ2n) is 3.64. The molecule has 0 amide bonds. The summed E-state index contributed by atoms with van der Waals surface area (Å²) in [5.41, 5.74) is 5.70. The fraction of sp³-hybridized carbons (Fsp3) is 0.625. The molecule has 2 N–H and O–H groups in total. The molecular weight excluding hydrogens is 232 g/mol. The van der Waals surface area contributed by atoms with Crippen LogP contribution in [-0.2, 0) is 21.8 Å². The third kappa shape index (κ3) is 1.96. The molecule has 0 aliphatic carbocycles. The maximum atomic E-state index is 12.1. The second-order valence-corrected chi connectivity index (χ2v) is 5.47. The number of hydrogen-bond acceptors (Lipinski definition) is 5. The molecule has 1 aromatic heterocycles. The minimum atomic E-state index is -3.59. The largest absolute Gasteiger partial charge is 0.377 e. The van der Waals surface area contributed by atoms with Crippen molar-refractivity contribution < 1.29 is 13.2 Å². The summed E-state index contributed by atoms with van der Waals surface area (Å²) >= 11 is 0. The maximum Gasteiger partial charge on any atom is 0.263 e. The van der Waals surface area contributed by atoms with Gasteiger partial charge in [-0.25, -0.2) is 13.4 Å². The summed E-state index contributed by atoms with van der Waals surface area (Å²) in [6.07, 6.45) is 2.26. The molecule has 0 aromatic carbocycles. The summed E-state index contributed by atoms with van der Waals surface area (Å²) < 4.78 is 32.1. The first-order chi connectivity index (χ1) is 7.51. The molecule has 1 aromatic rings. The van der Waals surface area contributed by atoms with Crippen LogP contribution >= 0.6 is 0 Å². The highest BCUT2D eigenvalue weighted by atomic mass is 32.2. The molecule has 1 unspecified atom stereocenters. The van der Waals surface area contributed by atoms with Gasteiger partial charge in [-0.2, -0.15) is 4.31 Å². The van der Waals surface area contributed by atoms with Crippen LogP contribution in [0.3, 0.4) is 0 Å². The Bertz CT molecular complexity index is 469. The number of rotatable bonds is 2. The van der Waals surface area contributed by atoms with Crippen LogP contribution in [0.15, 0.2) is 17.6 Å². The topological polar surface area (TPSA) is 90.5 Å². The van der Waals surface area contributed by atoms with E-state index in [4.69, 9.17) is 10.5 Å². The summed E-state index contributed by atoms with van der Waals surface area (Å²) in [5.74, 6) is 0. The zero-order chi connectivity index (χ0) is 11.8. The van der Waals surface area contributed by atoms with Crippen molar-refractivity contribution in [3.63, 3.8) is 0 Å². The Balaban J connectivity index is 2.31. The summed E-state index contributed by atoms with van der Waals surface area (Å²) in [4.78, 5) is 3.83. The highest BCUT2D eigenvalue weighted by Gasteiger charge is 2.33. The fourth-order valence-electron chi connectivity index (χ4n) is 1.55. The molecule has 1 atom stereocenters. The molecule has 0 spiro atoms. The van der Waals surface area contributed by atoms with Gasteiger partial charge in [-0.15, -0.1) is 0 Å². The highest BCUT2D eigenvalue weighted by Crippen LogP contribution is 2.16. The summed E-state index contributed by atoms with van der Waals surface area (Å²) in [6.45, 7) is 0.839. The number of ether oxygens (including phenoxy) is 1. The molecule has 2 heterocycles. The van der Waals surface area contributed by atoms with Crippen molar-refractivity contribution in [2.24, 2.45) is 12.8 Å². The maximum absolute atomic E-state index is 12.1. The highest BCUT2D eigenvalue weighted by molar-refractivity contribution is 7.89. The van der Waals surface area contributed by atoms with E-state index in [2.05, 4.69) is 4.98 Å². The fourth-order valence-corrected chi connectivity index (χ4v) is 3.00.